The molecule has 0 saturated heterocycles. The van der Waals surface area contributed by atoms with Crippen LogP contribution in [0.3, 0.4) is 0 Å². The molecule has 0 unspecified atom stereocenters. The van der Waals surface area contributed by atoms with Crippen LogP contribution in [-0.2, 0) is 6.54 Å². The van der Waals surface area contributed by atoms with Gasteiger partial charge in [-0.05, 0) is 47.3 Å². The maximum atomic E-state index is 4.07. The Balaban J connectivity index is 2.36. The minimum Gasteiger partial charge on any atom is -0.316 e. The number of nitrogens with zero attached hydrogens (tertiary/aromatic N) is 1. The summed E-state index contributed by atoms with van der Waals surface area (Å²) in [5.74, 6) is 0. The fraction of sp³-hybridized carbons (Fsp3) is 0.182. The van der Waals surface area contributed by atoms with Crippen molar-refractivity contribution < 1.29 is 0 Å². The fourth-order valence-electron chi connectivity index (χ4n) is 1.50. The molecular formula is C11H12IN3. The quantitative estimate of drug-likeness (QED) is 0.855. The minimum absolute atomic E-state index is 0.831. The van der Waals surface area contributed by atoms with Crippen molar-refractivity contribution in [2.75, 3.05) is 7.05 Å². The molecule has 0 atom stereocenters. The number of hydrogen-bond acceptors (Lipinski definition) is 2. The van der Waals surface area contributed by atoms with Gasteiger partial charge >= 0.3 is 0 Å². The van der Waals surface area contributed by atoms with Gasteiger partial charge in [-0.3, -0.25) is 5.10 Å². The normalized spacial score (nSPS) is 10.5. The fourth-order valence-corrected chi connectivity index (χ4v) is 1.86. The molecule has 0 spiro atoms. The van der Waals surface area contributed by atoms with Crippen LogP contribution in [0.1, 0.15) is 5.56 Å². The number of aromatic nitrogens is 2. The molecular weight excluding hydrogens is 301 g/mol. The minimum atomic E-state index is 0.831. The first-order valence-corrected chi connectivity index (χ1v) is 5.82. The highest BCUT2D eigenvalue weighted by atomic mass is 127. The number of benzene rings is 1. The first kappa shape index (κ1) is 10.6. The van der Waals surface area contributed by atoms with Crippen molar-refractivity contribution in [3.63, 3.8) is 0 Å². The predicted molar refractivity (Wildman–Crippen MR) is 69.5 cm³/mol. The number of H-pyrrole nitrogens is 1. The Kier molecular flexibility index (Phi) is 3.37. The third-order valence-electron chi connectivity index (χ3n) is 2.22. The molecule has 15 heavy (non-hydrogen) atoms. The van der Waals surface area contributed by atoms with Gasteiger partial charge in [0.05, 0.1) is 11.9 Å². The highest BCUT2D eigenvalue weighted by Crippen LogP contribution is 2.21. The van der Waals surface area contributed by atoms with E-state index in [0.29, 0.717) is 0 Å². The number of rotatable bonds is 3. The summed E-state index contributed by atoms with van der Waals surface area (Å²) in [6.07, 6.45) is 1.86. The van der Waals surface area contributed by atoms with Crippen LogP contribution in [0, 0.1) is 3.57 Å². The lowest BCUT2D eigenvalue weighted by atomic mass is 10.1. The highest BCUT2D eigenvalue weighted by molar-refractivity contribution is 14.1. The van der Waals surface area contributed by atoms with E-state index in [9.17, 15) is 0 Å². The van der Waals surface area contributed by atoms with Gasteiger partial charge < -0.3 is 5.32 Å². The number of aromatic amines is 1. The van der Waals surface area contributed by atoms with Gasteiger partial charge in [0.1, 0.15) is 0 Å². The molecule has 0 aliphatic carbocycles. The van der Waals surface area contributed by atoms with Gasteiger partial charge in [-0.15, -0.1) is 0 Å². The predicted octanol–water partition coefficient (Wildman–Crippen LogP) is 2.40. The number of halogens is 1. The van der Waals surface area contributed by atoms with Crippen molar-refractivity contribution in [2.24, 2.45) is 0 Å². The van der Waals surface area contributed by atoms with Gasteiger partial charge in [-0.1, -0.05) is 12.1 Å². The van der Waals surface area contributed by atoms with E-state index in [1.807, 2.05) is 13.2 Å². The summed E-state index contributed by atoms with van der Waals surface area (Å²) in [6, 6.07) is 8.41. The summed E-state index contributed by atoms with van der Waals surface area (Å²) < 4.78 is 1.24. The van der Waals surface area contributed by atoms with Crippen molar-refractivity contribution in [3.05, 3.63) is 39.6 Å². The summed E-state index contributed by atoms with van der Waals surface area (Å²) in [5, 5.41) is 10.2. The van der Waals surface area contributed by atoms with E-state index in [0.717, 1.165) is 12.2 Å². The van der Waals surface area contributed by atoms with E-state index < -0.39 is 0 Å². The Morgan fingerprint density at radius 1 is 1.33 bits per heavy atom. The Hall–Kier alpha value is -0.880. The molecule has 1 heterocycles. The van der Waals surface area contributed by atoms with Gasteiger partial charge in [0.2, 0.25) is 0 Å². The molecule has 0 saturated carbocycles. The summed E-state index contributed by atoms with van der Waals surface area (Å²) in [4.78, 5) is 0. The summed E-state index contributed by atoms with van der Waals surface area (Å²) >= 11 is 2.30. The van der Waals surface area contributed by atoms with Crippen LogP contribution < -0.4 is 5.32 Å². The molecule has 0 bridgehead atoms. The van der Waals surface area contributed by atoms with Crippen LogP contribution in [0.25, 0.3) is 11.3 Å². The monoisotopic (exact) mass is 313 g/mol. The highest BCUT2D eigenvalue weighted by Gasteiger charge is 2.05. The lowest BCUT2D eigenvalue weighted by Gasteiger charge is -2.02. The molecule has 0 aliphatic rings. The third-order valence-corrected chi connectivity index (χ3v) is 2.94. The van der Waals surface area contributed by atoms with Gasteiger partial charge in [-0.25, -0.2) is 0 Å². The van der Waals surface area contributed by atoms with Crippen molar-refractivity contribution >= 4 is 22.6 Å². The second kappa shape index (κ2) is 4.76. The second-order valence-corrected chi connectivity index (χ2v) is 4.55. The standard InChI is InChI=1S/C11H12IN3/c1-13-6-9-7-14-15-11(9)8-2-4-10(12)5-3-8/h2-5,7,13H,6H2,1H3,(H,14,15). The molecule has 0 aliphatic heterocycles. The largest absolute Gasteiger partial charge is 0.316 e. The molecule has 2 aromatic rings. The summed E-state index contributed by atoms with van der Waals surface area (Å²) in [6.45, 7) is 0.831. The summed E-state index contributed by atoms with van der Waals surface area (Å²) in [5.41, 5.74) is 3.47. The molecule has 0 radical (unpaired) electrons. The summed E-state index contributed by atoms with van der Waals surface area (Å²) in [7, 11) is 1.94. The van der Waals surface area contributed by atoms with Crippen LogP contribution in [0.2, 0.25) is 0 Å². The van der Waals surface area contributed by atoms with Crippen molar-refractivity contribution in [1.82, 2.24) is 15.5 Å². The Morgan fingerprint density at radius 2 is 2.07 bits per heavy atom. The van der Waals surface area contributed by atoms with Gasteiger partial charge in [0.25, 0.3) is 0 Å². The zero-order chi connectivity index (χ0) is 10.7. The maximum Gasteiger partial charge on any atom is 0.0695 e. The van der Waals surface area contributed by atoms with E-state index in [-0.39, 0.29) is 0 Å². The Labute approximate surface area is 102 Å². The average molecular weight is 313 g/mol. The smallest absolute Gasteiger partial charge is 0.0695 e. The maximum absolute atomic E-state index is 4.07. The van der Waals surface area contributed by atoms with Crippen LogP contribution in [-0.4, -0.2) is 17.2 Å². The molecule has 78 valence electrons. The lowest BCUT2D eigenvalue weighted by molar-refractivity contribution is 0.820. The number of hydrogen-bond donors (Lipinski definition) is 2. The topological polar surface area (TPSA) is 40.7 Å². The van der Waals surface area contributed by atoms with Crippen molar-refractivity contribution in [2.45, 2.75) is 6.54 Å². The van der Waals surface area contributed by atoms with Gasteiger partial charge in [-0.2, -0.15) is 5.10 Å². The molecule has 2 N–H and O–H groups in total. The molecule has 2 rings (SSSR count). The molecule has 3 nitrogen and oxygen atoms in total. The van der Waals surface area contributed by atoms with Crippen molar-refractivity contribution in [3.8, 4) is 11.3 Å². The lowest BCUT2D eigenvalue weighted by Crippen LogP contribution is -2.05. The molecule has 0 fully saturated rings. The van der Waals surface area contributed by atoms with E-state index >= 15 is 0 Å². The second-order valence-electron chi connectivity index (χ2n) is 3.31. The van der Waals surface area contributed by atoms with E-state index in [1.54, 1.807) is 0 Å². The Bertz CT molecular complexity index is 433. The third kappa shape index (κ3) is 2.38. The van der Waals surface area contributed by atoms with E-state index in [2.05, 4.69) is 62.4 Å². The average Bonchev–Trinajstić information content (AvgIpc) is 2.68. The van der Waals surface area contributed by atoms with E-state index in [4.69, 9.17) is 0 Å². The zero-order valence-corrected chi connectivity index (χ0v) is 10.6. The number of nitrogens with one attached hydrogen (secondary N) is 2. The van der Waals surface area contributed by atoms with E-state index in [1.165, 1.54) is 14.7 Å². The first-order valence-electron chi connectivity index (χ1n) is 4.74. The van der Waals surface area contributed by atoms with Crippen LogP contribution in [0.15, 0.2) is 30.5 Å². The van der Waals surface area contributed by atoms with Crippen LogP contribution in [0.5, 0.6) is 0 Å². The molecule has 0 amide bonds. The zero-order valence-electron chi connectivity index (χ0n) is 8.42. The first-order chi connectivity index (χ1) is 7.31. The molecule has 1 aromatic carbocycles. The van der Waals surface area contributed by atoms with Gasteiger partial charge in [0.15, 0.2) is 0 Å². The Morgan fingerprint density at radius 3 is 2.73 bits per heavy atom. The van der Waals surface area contributed by atoms with Crippen molar-refractivity contribution in [1.29, 1.82) is 0 Å². The molecule has 1 aromatic heterocycles. The van der Waals surface area contributed by atoms with Crippen LogP contribution >= 0.6 is 22.6 Å². The SMILES string of the molecule is CNCc1cn[nH]c1-c1ccc(I)cc1. The van der Waals surface area contributed by atoms with Crippen LogP contribution in [0.4, 0.5) is 0 Å². The molecule has 4 heteroatoms. The van der Waals surface area contributed by atoms with Gasteiger partial charge in [0, 0.05) is 15.7 Å².